The standard InChI is InChI=1S/C21H35IN2O5/c1-4-18(8-11-22(27)28)24(16(3)25)21(26)19-6-5-7-20(15(19)2)29-14-17-9-12-23-13-10-17/h5-7,16-18,23,25,27-28H,4,8-14H2,1-3H3. The Kier molecular flexibility index (Phi) is 10.1. The SMILES string of the molecule is CCC(CCI(O)O)N(C(=O)c1cccc(OCC2CCNCC2)c1C)C(C)O. The molecule has 0 bridgehead atoms. The Balaban J connectivity index is 2.16. The minimum atomic E-state index is -2.87. The van der Waals surface area contributed by atoms with Crippen LogP contribution in [0.2, 0.25) is 0 Å². The Hall–Kier alpha value is -0.940. The normalized spacial score (nSPS) is 17.5. The van der Waals surface area contributed by atoms with Crippen LogP contribution in [0.1, 0.15) is 55.5 Å². The Morgan fingerprint density at radius 2 is 2.03 bits per heavy atom. The van der Waals surface area contributed by atoms with Crippen molar-refractivity contribution in [1.29, 1.82) is 0 Å². The van der Waals surface area contributed by atoms with Crippen molar-refractivity contribution >= 4 is 26.6 Å². The minimum absolute atomic E-state index is 0.250. The second kappa shape index (κ2) is 12.0. The van der Waals surface area contributed by atoms with Crippen molar-refractivity contribution in [2.24, 2.45) is 5.92 Å². The molecule has 4 N–H and O–H groups in total. The predicted molar refractivity (Wildman–Crippen MR) is 122 cm³/mol. The average Bonchev–Trinajstić information content (AvgIpc) is 2.70. The maximum absolute atomic E-state index is 13.3. The fourth-order valence-corrected chi connectivity index (χ4v) is 5.08. The third-order valence-corrected chi connectivity index (χ3v) is 7.15. The van der Waals surface area contributed by atoms with Crippen molar-refractivity contribution < 1.29 is 21.5 Å². The van der Waals surface area contributed by atoms with E-state index in [0.717, 1.165) is 31.5 Å². The predicted octanol–water partition coefficient (Wildman–Crippen LogP) is 2.64. The average molecular weight is 522 g/mol. The number of piperidine rings is 1. The number of nitrogens with zero attached hydrogens (tertiary/aromatic N) is 1. The molecule has 1 aliphatic heterocycles. The molecule has 0 aromatic heterocycles. The summed E-state index contributed by atoms with van der Waals surface area (Å²) in [5, 5.41) is 13.6. The Labute approximate surface area is 181 Å². The van der Waals surface area contributed by atoms with Gasteiger partial charge in [-0.25, -0.2) is 0 Å². The van der Waals surface area contributed by atoms with Gasteiger partial charge in [-0.2, -0.15) is 0 Å². The fourth-order valence-electron chi connectivity index (χ4n) is 3.80. The molecule has 1 amide bonds. The van der Waals surface area contributed by atoms with Gasteiger partial charge in [0.2, 0.25) is 0 Å². The van der Waals surface area contributed by atoms with Gasteiger partial charge >= 0.3 is 164 Å². The van der Waals surface area contributed by atoms with E-state index in [1.165, 1.54) is 4.90 Å². The molecular formula is C21H35IN2O5. The molecule has 1 saturated heterocycles. The van der Waals surface area contributed by atoms with Crippen LogP contribution in [0.25, 0.3) is 0 Å². The van der Waals surface area contributed by atoms with E-state index in [2.05, 4.69) is 5.32 Å². The molecule has 1 aromatic carbocycles. The molecule has 2 atom stereocenters. The molecule has 0 spiro atoms. The zero-order valence-electron chi connectivity index (χ0n) is 17.6. The van der Waals surface area contributed by atoms with Crippen LogP contribution < -0.4 is 10.1 Å². The zero-order chi connectivity index (χ0) is 21.4. The number of aliphatic hydroxyl groups is 1. The van der Waals surface area contributed by atoms with Gasteiger partial charge in [-0.05, 0) is 13.1 Å². The van der Waals surface area contributed by atoms with Crippen LogP contribution >= 0.6 is 20.6 Å². The van der Waals surface area contributed by atoms with Gasteiger partial charge < -0.3 is 5.32 Å². The topological polar surface area (TPSA) is 102 Å². The van der Waals surface area contributed by atoms with Crippen molar-refractivity contribution in [2.45, 2.75) is 58.7 Å². The van der Waals surface area contributed by atoms with Gasteiger partial charge in [0.05, 0.1) is 0 Å². The third kappa shape index (κ3) is 7.06. The number of rotatable bonds is 10. The monoisotopic (exact) mass is 522 g/mol. The van der Waals surface area contributed by atoms with E-state index in [0.29, 0.717) is 41.1 Å². The number of alkyl halides is 1. The van der Waals surface area contributed by atoms with Crippen LogP contribution in [0.15, 0.2) is 18.2 Å². The van der Waals surface area contributed by atoms with Crippen LogP contribution in [0.5, 0.6) is 5.75 Å². The summed E-state index contributed by atoms with van der Waals surface area (Å²) in [6.45, 7) is 8.04. The van der Waals surface area contributed by atoms with Crippen LogP contribution in [0.4, 0.5) is 0 Å². The molecular weight excluding hydrogens is 487 g/mol. The van der Waals surface area contributed by atoms with E-state index < -0.39 is 26.9 Å². The number of carbonyl (C=O) groups excluding carboxylic acids is 1. The van der Waals surface area contributed by atoms with E-state index in [-0.39, 0.29) is 11.9 Å². The van der Waals surface area contributed by atoms with Gasteiger partial charge in [-0.1, -0.05) is 0 Å². The summed E-state index contributed by atoms with van der Waals surface area (Å²) in [5.74, 6) is 0.961. The summed E-state index contributed by atoms with van der Waals surface area (Å²) < 4.78 is 25.0. The molecule has 0 aliphatic carbocycles. The van der Waals surface area contributed by atoms with Gasteiger partial charge in [0, 0.05) is 0 Å². The van der Waals surface area contributed by atoms with Crippen molar-refractivity contribution in [1.82, 2.24) is 10.2 Å². The molecule has 7 nitrogen and oxygen atoms in total. The van der Waals surface area contributed by atoms with Gasteiger partial charge in [0.25, 0.3) is 0 Å². The van der Waals surface area contributed by atoms with E-state index in [1.54, 1.807) is 13.0 Å². The molecule has 8 heteroatoms. The van der Waals surface area contributed by atoms with Crippen LogP contribution in [0.3, 0.4) is 0 Å². The van der Waals surface area contributed by atoms with Gasteiger partial charge in [0.15, 0.2) is 0 Å². The number of halogens is 1. The molecule has 0 saturated carbocycles. The van der Waals surface area contributed by atoms with Gasteiger partial charge in [0.1, 0.15) is 0 Å². The maximum atomic E-state index is 13.3. The Morgan fingerprint density at radius 3 is 2.62 bits per heavy atom. The van der Waals surface area contributed by atoms with Crippen molar-refractivity contribution in [2.75, 3.05) is 24.1 Å². The molecule has 0 radical (unpaired) electrons. The first-order valence-corrected chi connectivity index (χ1v) is 13.8. The summed E-state index contributed by atoms with van der Waals surface area (Å²) in [5.41, 5.74) is 1.28. The molecule has 1 fully saturated rings. The molecule has 2 rings (SSSR count). The molecule has 1 aromatic rings. The van der Waals surface area contributed by atoms with Crippen LogP contribution in [-0.2, 0) is 0 Å². The summed E-state index contributed by atoms with van der Waals surface area (Å²) in [7, 11) is 0. The van der Waals surface area contributed by atoms with Gasteiger partial charge in [-0.15, -0.1) is 0 Å². The van der Waals surface area contributed by atoms with Gasteiger partial charge in [-0.3, -0.25) is 0 Å². The van der Waals surface area contributed by atoms with Crippen molar-refractivity contribution in [3.63, 3.8) is 0 Å². The van der Waals surface area contributed by atoms with E-state index >= 15 is 0 Å². The second-order valence-corrected chi connectivity index (χ2v) is 10.5. The number of nitrogens with one attached hydrogen (secondary N) is 1. The summed E-state index contributed by atoms with van der Waals surface area (Å²) in [4.78, 5) is 14.8. The first-order chi connectivity index (χ1) is 13.8. The number of hydrogen-bond acceptors (Lipinski definition) is 6. The van der Waals surface area contributed by atoms with Crippen molar-refractivity contribution in [3.8, 4) is 5.75 Å². The quantitative estimate of drug-likeness (QED) is 0.214. The zero-order valence-corrected chi connectivity index (χ0v) is 19.8. The number of hydrogen-bond donors (Lipinski definition) is 4. The fraction of sp³-hybridized carbons (Fsp3) is 0.667. The second-order valence-electron chi connectivity index (χ2n) is 7.63. The van der Waals surface area contributed by atoms with E-state index in [9.17, 15) is 16.8 Å². The molecule has 1 aliphatic rings. The number of ether oxygens (including phenoxy) is 1. The molecule has 1 heterocycles. The van der Waals surface area contributed by atoms with Crippen LogP contribution in [-0.4, -0.2) is 59.2 Å². The number of aliphatic hydroxyl groups excluding tert-OH is 1. The Bertz CT molecular complexity index is 650. The molecule has 29 heavy (non-hydrogen) atoms. The summed E-state index contributed by atoms with van der Waals surface area (Å²) in [6.07, 6.45) is 2.31. The van der Waals surface area contributed by atoms with E-state index in [1.807, 2.05) is 26.0 Å². The first kappa shape index (κ1) is 24.3. The summed E-state index contributed by atoms with van der Waals surface area (Å²) in [6, 6.07) is 5.20. The van der Waals surface area contributed by atoms with Crippen molar-refractivity contribution in [3.05, 3.63) is 29.3 Å². The number of carbonyl (C=O) groups is 1. The third-order valence-electron chi connectivity index (χ3n) is 5.56. The molecule has 166 valence electrons. The number of amides is 1. The number of benzene rings is 1. The summed E-state index contributed by atoms with van der Waals surface area (Å²) >= 11 is -2.87. The first-order valence-electron chi connectivity index (χ1n) is 10.3. The van der Waals surface area contributed by atoms with E-state index in [4.69, 9.17) is 4.74 Å². The Morgan fingerprint density at radius 1 is 1.34 bits per heavy atom. The molecule has 2 unspecified atom stereocenters. The van der Waals surface area contributed by atoms with Crippen LogP contribution in [0, 0.1) is 12.8 Å².